The smallest absolute Gasteiger partial charge is 0.337 e. The van der Waals surface area contributed by atoms with Crippen molar-refractivity contribution in [2.45, 2.75) is 18.4 Å². The van der Waals surface area contributed by atoms with Gasteiger partial charge in [0, 0.05) is 18.1 Å². The molecule has 7 heteroatoms. The predicted octanol–water partition coefficient (Wildman–Crippen LogP) is 3.36. The molecule has 0 atom stereocenters. The molecule has 0 aliphatic rings. The maximum absolute atomic E-state index is 12.8. The number of benzene rings is 2. The third kappa shape index (κ3) is 4.03. The number of carbonyl (C=O) groups is 1. The van der Waals surface area contributed by atoms with Crippen molar-refractivity contribution in [1.29, 1.82) is 0 Å². The zero-order valence-electron chi connectivity index (χ0n) is 13.6. The van der Waals surface area contributed by atoms with Crippen LogP contribution in [0.25, 0.3) is 0 Å². The molecule has 24 heavy (non-hydrogen) atoms. The summed E-state index contributed by atoms with van der Waals surface area (Å²) in [5.74, 6) is -0.495. The van der Waals surface area contributed by atoms with Gasteiger partial charge in [-0.25, -0.2) is 13.2 Å². The number of sulfonamides is 1. The largest absolute Gasteiger partial charge is 0.465 e. The van der Waals surface area contributed by atoms with Crippen LogP contribution in [0.1, 0.15) is 21.5 Å². The van der Waals surface area contributed by atoms with Crippen LogP contribution in [0.4, 0.5) is 0 Å². The lowest BCUT2D eigenvalue weighted by atomic mass is 10.1. The normalized spacial score (nSPS) is 11.5. The minimum atomic E-state index is -3.66. The number of halogens is 1. The molecule has 0 radical (unpaired) electrons. The van der Waals surface area contributed by atoms with Crippen LogP contribution in [0.3, 0.4) is 0 Å². The van der Waals surface area contributed by atoms with Crippen molar-refractivity contribution in [2.24, 2.45) is 0 Å². The average Bonchev–Trinajstić information content (AvgIpc) is 2.55. The molecule has 0 bridgehead atoms. The fraction of sp³-hybridized carbons (Fsp3) is 0.235. The molecule has 0 spiro atoms. The number of hydrogen-bond donors (Lipinski definition) is 0. The van der Waals surface area contributed by atoms with E-state index in [4.69, 9.17) is 0 Å². The number of ether oxygens (including phenoxy) is 1. The number of methoxy groups -OCH3 is 1. The first-order valence-corrected chi connectivity index (χ1v) is 9.38. The Bertz CT molecular complexity index is 847. The average molecular weight is 412 g/mol. The van der Waals surface area contributed by atoms with Crippen LogP contribution in [-0.4, -0.2) is 32.8 Å². The molecular formula is C17H18BrNO4S. The molecule has 0 N–H and O–H groups in total. The minimum Gasteiger partial charge on any atom is -0.465 e. The molecule has 0 heterocycles. The second-order valence-corrected chi connectivity index (χ2v) is 8.29. The highest BCUT2D eigenvalue weighted by molar-refractivity contribution is 9.10. The zero-order chi connectivity index (χ0) is 17.9. The van der Waals surface area contributed by atoms with Crippen molar-refractivity contribution in [3.63, 3.8) is 0 Å². The Labute approximate surface area is 150 Å². The fourth-order valence-electron chi connectivity index (χ4n) is 2.28. The van der Waals surface area contributed by atoms with Gasteiger partial charge in [0.1, 0.15) is 0 Å². The summed E-state index contributed by atoms with van der Waals surface area (Å²) in [5, 5.41) is 0. The van der Waals surface area contributed by atoms with E-state index in [0.29, 0.717) is 11.1 Å². The molecule has 2 rings (SSSR count). The van der Waals surface area contributed by atoms with E-state index in [-0.39, 0.29) is 11.4 Å². The van der Waals surface area contributed by atoms with Crippen LogP contribution in [0.15, 0.2) is 51.8 Å². The summed E-state index contributed by atoms with van der Waals surface area (Å²) in [6.07, 6.45) is 0. The predicted molar refractivity (Wildman–Crippen MR) is 95.3 cm³/mol. The number of aryl methyl sites for hydroxylation is 1. The van der Waals surface area contributed by atoms with E-state index in [1.54, 1.807) is 6.92 Å². The van der Waals surface area contributed by atoms with E-state index in [1.165, 1.54) is 36.7 Å². The standard InChI is InChI=1S/C17H18BrNO4S/c1-12-10-14(17(20)23-3)6-9-16(12)24(21,22)19(2)11-13-4-7-15(18)8-5-13/h4-10H,11H2,1-3H3. The van der Waals surface area contributed by atoms with Gasteiger partial charge in [0.25, 0.3) is 0 Å². The first-order chi connectivity index (χ1) is 11.3. The third-order valence-corrected chi connectivity index (χ3v) is 6.10. The van der Waals surface area contributed by atoms with E-state index < -0.39 is 16.0 Å². The molecule has 0 saturated heterocycles. The summed E-state index contributed by atoms with van der Waals surface area (Å²) >= 11 is 3.35. The lowest BCUT2D eigenvalue weighted by Gasteiger charge is -2.19. The monoisotopic (exact) mass is 411 g/mol. The molecular weight excluding hydrogens is 394 g/mol. The second kappa shape index (κ2) is 7.46. The van der Waals surface area contributed by atoms with Gasteiger partial charge in [-0.2, -0.15) is 4.31 Å². The van der Waals surface area contributed by atoms with Crippen LogP contribution >= 0.6 is 15.9 Å². The summed E-state index contributed by atoms with van der Waals surface area (Å²) in [5.41, 5.74) is 1.71. The zero-order valence-corrected chi connectivity index (χ0v) is 16.0. The van der Waals surface area contributed by atoms with E-state index in [0.717, 1.165) is 10.0 Å². The van der Waals surface area contributed by atoms with Gasteiger partial charge in [-0.05, 0) is 48.4 Å². The molecule has 128 valence electrons. The van der Waals surface area contributed by atoms with Crippen molar-refractivity contribution in [2.75, 3.05) is 14.2 Å². The molecule has 0 aliphatic carbocycles. The lowest BCUT2D eigenvalue weighted by Crippen LogP contribution is -2.27. The molecule has 0 aromatic heterocycles. The Kier molecular flexibility index (Phi) is 5.79. The number of rotatable bonds is 5. The second-order valence-electron chi connectivity index (χ2n) is 5.36. The van der Waals surface area contributed by atoms with Crippen LogP contribution in [0.2, 0.25) is 0 Å². The van der Waals surface area contributed by atoms with Crippen LogP contribution < -0.4 is 0 Å². The van der Waals surface area contributed by atoms with E-state index in [1.807, 2.05) is 24.3 Å². The molecule has 0 saturated carbocycles. The Hall–Kier alpha value is -1.70. The molecule has 0 unspecified atom stereocenters. The quantitative estimate of drug-likeness (QED) is 0.707. The topological polar surface area (TPSA) is 63.7 Å². The molecule has 5 nitrogen and oxygen atoms in total. The van der Waals surface area contributed by atoms with Crippen molar-refractivity contribution < 1.29 is 17.9 Å². The van der Waals surface area contributed by atoms with Gasteiger partial charge < -0.3 is 4.74 Å². The number of hydrogen-bond acceptors (Lipinski definition) is 4. The third-order valence-electron chi connectivity index (χ3n) is 3.60. The van der Waals surface area contributed by atoms with Gasteiger partial charge >= 0.3 is 5.97 Å². The Balaban J connectivity index is 2.28. The van der Waals surface area contributed by atoms with Crippen molar-refractivity contribution >= 4 is 31.9 Å². The van der Waals surface area contributed by atoms with Gasteiger partial charge in [0.2, 0.25) is 10.0 Å². The highest BCUT2D eigenvalue weighted by Crippen LogP contribution is 2.22. The lowest BCUT2D eigenvalue weighted by molar-refractivity contribution is 0.0600. The molecule has 2 aromatic rings. The molecule has 2 aromatic carbocycles. The number of carbonyl (C=O) groups excluding carboxylic acids is 1. The fourth-order valence-corrected chi connectivity index (χ4v) is 3.91. The molecule has 0 amide bonds. The Morgan fingerprint density at radius 1 is 1.17 bits per heavy atom. The summed E-state index contributed by atoms with van der Waals surface area (Å²) in [7, 11) is -0.839. The minimum absolute atomic E-state index is 0.176. The van der Waals surface area contributed by atoms with Crippen LogP contribution in [-0.2, 0) is 21.3 Å². The van der Waals surface area contributed by atoms with E-state index >= 15 is 0 Å². The SMILES string of the molecule is COC(=O)c1ccc(S(=O)(=O)N(C)Cc2ccc(Br)cc2)c(C)c1. The highest BCUT2D eigenvalue weighted by Gasteiger charge is 2.23. The summed E-state index contributed by atoms with van der Waals surface area (Å²) in [6, 6.07) is 11.9. The molecule has 0 aliphatic heterocycles. The number of esters is 1. The first kappa shape index (κ1) is 18.6. The molecule has 0 fully saturated rings. The highest BCUT2D eigenvalue weighted by atomic mass is 79.9. The van der Waals surface area contributed by atoms with Crippen LogP contribution in [0, 0.1) is 6.92 Å². The maximum atomic E-state index is 12.8. The van der Waals surface area contributed by atoms with E-state index in [9.17, 15) is 13.2 Å². The van der Waals surface area contributed by atoms with Crippen LogP contribution in [0.5, 0.6) is 0 Å². The summed E-state index contributed by atoms with van der Waals surface area (Å²) in [4.78, 5) is 11.7. The Morgan fingerprint density at radius 3 is 2.33 bits per heavy atom. The van der Waals surface area contributed by atoms with Gasteiger partial charge in [0.05, 0.1) is 17.6 Å². The van der Waals surface area contributed by atoms with Gasteiger partial charge in [-0.15, -0.1) is 0 Å². The van der Waals surface area contributed by atoms with Crippen molar-refractivity contribution in [3.05, 3.63) is 63.6 Å². The summed E-state index contributed by atoms with van der Waals surface area (Å²) in [6.45, 7) is 1.92. The number of nitrogens with zero attached hydrogens (tertiary/aromatic N) is 1. The van der Waals surface area contributed by atoms with Crippen molar-refractivity contribution in [1.82, 2.24) is 4.31 Å². The van der Waals surface area contributed by atoms with Gasteiger partial charge in [-0.3, -0.25) is 0 Å². The summed E-state index contributed by atoms with van der Waals surface area (Å²) < 4.78 is 32.4. The van der Waals surface area contributed by atoms with Crippen molar-refractivity contribution in [3.8, 4) is 0 Å². The van der Waals surface area contributed by atoms with E-state index in [2.05, 4.69) is 20.7 Å². The Morgan fingerprint density at radius 2 is 1.79 bits per heavy atom. The van der Waals surface area contributed by atoms with Gasteiger partial charge in [-0.1, -0.05) is 28.1 Å². The maximum Gasteiger partial charge on any atom is 0.337 e. The first-order valence-electron chi connectivity index (χ1n) is 7.15. The van der Waals surface area contributed by atoms with Gasteiger partial charge in [0.15, 0.2) is 0 Å².